The molecular formula is C12H12FN3O. The molecule has 0 aromatic heterocycles. The van der Waals surface area contributed by atoms with E-state index in [1.165, 1.54) is 12.1 Å². The first-order valence-corrected chi connectivity index (χ1v) is 5.04. The van der Waals surface area contributed by atoms with Crippen molar-refractivity contribution in [3.8, 4) is 0 Å². The number of carbonyl (C=O) groups is 1. The van der Waals surface area contributed by atoms with Crippen molar-refractivity contribution in [1.29, 1.82) is 0 Å². The van der Waals surface area contributed by atoms with Gasteiger partial charge in [0.1, 0.15) is 11.5 Å². The van der Waals surface area contributed by atoms with Gasteiger partial charge in [0.25, 0.3) is 0 Å². The molecule has 1 aliphatic carbocycles. The van der Waals surface area contributed by atoms with Crippen LogP contribution < -0.4 is 16.8 Å². The molecule has 1 aliphatic rings. The molecule has 88 valence electrons. The number of benzene rings is 1. The van der Waals surface area contributed by atoms with Crippen molar-refractivity contribution in [1.82, 2.24) is 0 Å². The minimum absolute atomic E-state index is 0.0938. The molecule has 0 spiro atoms. The lowest BCUT2D eigenvalue weighted by Gasteiger charge is -2.22. The van der Waals surface area contributed by atoms with Gasteiger partial charge >= 0.3 is 0 Å². The quantitative estimate of drug-likeness (QED) is 0.680. The number of ketones is 1. The number of Topliss-reactive ketones (excluding diaryl/α,β-unsaturated/α-hetero) is 1. The Bertz CT molecular complexity index is 549. The maximum Gasteiger partial charge on any atom is 0.212 e. The van der Waals surface area contributed by atoms with E-state index in [0.29, 0.717) is 28.2 Å². The summed E-state index contributed by atoms with van der Waals surface area (Å²) in [5.74, 6) is -0.592. The number of halogens is 1. The van der Waals surface area contributed by atoms with Crippen molar-refractivity contribution in [3.63, 3.8) is 0 Å². The first kappa shape index (κ1) is 11.3. The molecule has 1 aromatic rings. The van der Waals surface area contributed by atoms with Gasteiger partial charge < -0.3 is 16.8 Å². The molecule has 0 atom stereocenters. The number of anilines is 1. The summed E-state index contributed by atoms with van der Waals surface area (Å²) in [6.45, 7) is 3.60. The topological polar surface area (TPSA) is 81.1 Å². The van der Waals surface area contributed by atoms with Crippen LogP contribution in [0.15, 0.2) is 41.7 Å². The third-order valence-electron chi connectivity index (χ3n) is 2.63. The Kier molecular flexibility index (Phi) is 2.69. The molecule has 4 nitrogen and oxygen atoms in total. The minimum Gasteiger partial charge on any atom is -0.396 e. The van der Waals surface area contributed by atoms with E-state index in [-0.39, 0.29) is 18.1 Å². The molecule has 0 aliphatic heterocycles. The summed E-state index contributed by atoms with van der Waals surface area (Å²) >= 11 is 0. The van der Waals surface area contributed by atoms with Crippen LogP contribution in [0.25, 0.3) is 0 Å². The van der Waals surface area contributed by atoms with Crippen molar-refractivity contribution in [2.75, 3.05) is 5.32 Å². The highest BCUT2D eigenvalue weighted by molar-refractivity contribution is 6.20. The lowest BCUT2D eigenvalue weighted by molar-refractivity contribution is -0.113. The highest BCUT2D eigenvalue weighted by atomic mass is 19.1. The Balaban J connectivity index is 2.26. The Morgan fingerprint density at radius 3 is 2.71 bits per heavy atom. The Hall–Kier alpha value is -2.14. The zero-order valence-corrected chi connectivity index (χ0v) is 9.09. The van der Waals surface area contributed by atoms with Gasteiger partial charge in [-0.25, -0.2) is 4.39 Å². The Morgan fingerprint density at radius 1 is 1.41 bits per heavy atom. The van der Waals surface area contributed by atoms with Crippen LogP contribution in [0.1, 0.15) is 5.56 Å². The van der Waals surface area contributed by atoms with Gasteiger partial charge in [-0.1, -0.05) is 6.58 Å². The van der Waals surface area contributed by atoms with Gasteiger partial charge in [0, 0.05) is 23.4 Å². The Labute approximate surface area is 97.8 Å². The normalized spacial score (nSPS) is 14.9. The van der Waals surface area contributed by atoms with Gasteiger partial charge in [-0.05, 0) is 18.2 Å². The van der Waals surface area contributed by atoms with Crippen molar-refractivity contribution < 1.29 is 9.18 Å². The second-order valence-electron chi connectivity index (χ2n) is 3.73. The van der Waals surface area contributed by atoms with Crippen molar-refractivity contribution in [2.45, 2.75) is 6.54 Å². The molecular weight excluding hydrogens is 221 g/mol. The second kappa shape index (κ2) is 4.03. The van der Waals surface area contributed by atoms with Crippen LogP contribution in [-0.2, 0) is 11.3 Å². The molecule has 0 saturated carbocycles. The smallest absolute Gasteiger partial charge is 0.212 e. The van der Waals surface area contributed by atoms with Crippen LogP contribution in [0, 0.1) is 5.82 Å². The van der Waals surface area contributed by atoms with Gasteiger partial charge in [0.15, 0.2) is 0 Å². The minimum atomic E-state index is -0.371. The molecule has 5 heteroatoms. The van der Waals surface area contributed by atoms with Crippen molar-refractivity contribution >= 4 is 11.5 Å². The SMILES string of the molecule is C=C1C(=O)C(Nc2ccc(F)c(CN)c2)=C1N. The number of nitrogens with two attached hydrogens (primary N) is 2. The van der Waals surface area contributed by atoms with Gasteiger partial charge in [-0.2, -0.15) is 0 Å². The summed E-state index contributed by atoms with van der Waals surface area (Å²) in [7, 11) is 0. The highest BCUT2D eigenvalue weighted by Crippen LogP contribution is 2.26. The van der Waals surface area contributed by atoms with E-state index in [0.717, 1.165) is 0 Å². The lowest BCUT2D eigenvalue weighted by Crippen LogP contribution is -2.31. The van der Waals surface area contributed by atoms with Crippen LogP contribution in [0.5, 0.6) is 0 Å². The summed E-state index contributed by atoms with van der Waals surface area (Å²) in [4.78, 5) is 11.4. The van der Waals surface area contributed by atoms with E-state index in [4.69, 9.17) is 11.5 Å². The fourth-order valence-electron chi connectivity index (χ4n) is 1.56. The largest absolute Gasteiger partial charge is 0.396 e. The van der Waals surface area contributed by atoms with E-state index >= 15 is 0 Å². The first-order valence-electron chi connectivity index (χ1n) is 5.04. The molecule has 0 bridgehead atoms. The molecule has 5 N–H and O–H groups in total. The zero-order valence-electron chi connectivity index (χ0n) is 9.09. The average Bonchev–Trinajstić information content (AvgIpc) is 2.36. The second-order valence-corrected chi connectivity index (χ2v) is 3.73. The van der Waals surface area contributed by atoms with Crippen LogP contribution in [-0.4, -0.2) is 5.78 Å². The van der Waals surface area contributed by atoms with Crippen LogP contribution >= 0.6 is 0 Å². The number of nitrogens with one attached hydrogen (secondary N) is 1. The van der Waals surface area contributed by atoms with E-state index in [9.17, 15) is 9.18 Å². The number of hydrogen-bond acceptors (Lipinski definition) is 4. The van der Waals surface area contributed by atoms with E-state index in [1.54, 1.807) is 6.07 Å². The molecule has 0 radical (unpaired) electrons. The molecule has 0 saturated heterocycles. The molecule has 0 unspecified atom stereocenters. The summed E-state index contributed by atoms with van der Waals surface area (Å²) in [6, 6.07) is 4.35. The maximum atomic E-state index is 13.2. The van der Waals surface area contributed by atoms with E-state index in [2.05, 4.69) is 11.9 Å². The van der Waals surface area contributed by atoms with E-state index < -0.39 is 0 Å². The molecule has 0 amide bonds. The molecule has 1 aromatic carbocycles. The highest BCUT2D eigenvalue weighted by Gasteiger charge is 2.29. The predicted molar refractivity (Wildman–Crippen MR) is 63.3 cm³/mol. The van der Waals surface area contributed by atoms with Crippen molar-refractivity contribution in [2.24, 2.45) is 11.5 Å². The first-order chi connectivity index (χ1) is 8.04. The molecule has 0 heterocycles. The summed E-state index contributed by atoms with van der Waals surface area (Å²) in [5, 5.41) is 2.83. The third kappa shape index (κ3) is 1.81. The Morgan fingerprint density at radius 2 is 2.12 bits per heavy atom. The summed E-state index contributed by atoms with van der Waals surface area (Å²) < 4.78 is 13.2. The number of carbonyl (C=O) groups excluding carboxylic acids is 1. The maximum absolute atomic E-state index is 13.2. The lowest BCUT2D eigenvalue weighted by atomic mass is 9.93. The van der Waals surface area contributed by atoms with Gasteiger partial charge in [-0.15, -0.1) is 0 Å². The molecule has 0 fully saturated rings. The predicted octanol–water partition coefficient (Wildman–Crippen LogP) is 1.01. The summed E-state index contributed by atoms with van der Waals surface area (Å²) in [6.07, 6.45) is 0. The van der Waals surface area contributed by atoms with Crippen LogP contribution in [0.4, 0.5) is 10.1 Å². The third-order valence-corrected chi connectivity index (χ3v) is 2.63. The number of rotatable bonds is 3. The fourth-order valence-corrected chi connectivity index (χ4v) is 1.56. The van der Waals surface area contributed by atoms with Gasteiger partial charge in [-0.3, -0.25) is 4.79 Å². The fraction of sp³-hybridized carbons (Fsp3) is 0.0833. The van der Waals surface area contributed by atoms with E-state index in [1.807, 2.05) is 0 Å². The number of hydrogen-bond donors (Lipinski definition) is 3. The van der Waals surface area contributed by atoms with Crippen LogP contribution in [0.2, 0.25) is 0 Å². The van der Waals surface area contributed by atoms with Crippen LogP contribution in [0.3, 0.4) is 0 Å². The monoisotopic (exact) mass is 233 g/mol. The average molecular weight is 233 g/mol. The molecule has 17 heavy (non-hydrogen) atoms. The van der Waals surface area contributed by atoms with Gasteiger partial charge in [0.2, 0.25) is 5.78 Å². The zero-order chi connectivity index (χ0) is 12.6. The van der Waals surface area contributed by atoms with Crippen molar-refractivity contribution in [3.05, 3.63) is 53.1 Å². The standard InChI is InChI=1S/C12H12FN3O/c1-6-10(15)11(12(6)17)16-8-2-3-9(13)7(4-8)5-14/h2-4,16H,1,5,14-15H2. The summed E-state index contributed by atoms with van der Waals surface area (Å²) in [5.41, 5.74) is 12.9. The number of allylic oxidation sites excluding steroid dienone is 2. The van der Waals surface area contributed by atoms with Gasteiger partial charge in [0.05, 0.1) is 5.70 Å². The molecule has 2 rings (SSSR count).